The molecular weight excluding hydrogens is 230 g/mol. The summed E-state index contributed by atoms with van der Waals surface area (Å²) in [6.45, 7) is 9.61. The van der Waals surface area contributed by atoms with Crippen LogP contribution in [-0.4, -0.2) is 5.54 Å². The highest BCUT2D eigenvalue weighted by Gasteiger charge is 2.49. The zero-order valence-electron chi connectivity index (χ0n) is 12.6. The van der Waals surface area contributed by atoms with Gasteiger partial charge in [-0.25, -0.2) is 0 Å². The standard InChI is InChI=1S/C18H26N/c1-15-9-5-6-10-16(15)19-14-18(13-17(19,2)3)11-7-4-8-12-18/h5-6,9-10,14H,4,7-8,11-13H2,1-3H3. The Bertz CT molecular complexity index is 455. The molecule has 0 unspecified atom stereocenters. The van der Waals surface area contributed by atoms with Crippen molar-refractivity contribution in [1.29, 1.82) is 0 Å². The molecule has 1 aromatic carbocycles. The summed E-state index contributed by atoms with van der Waals surface area (Å²) in [4.78, 5) is 2.56. The van der Waals surface area contributed by atoms with E-state index in [-0.39, 0.29) is 5.54 Å². The Kier molecular flexibility index (Phi) is 3.11. The second-order valence-corrected chi connectivity index (χ2v) is 7.20. The highest BCUT2D eigenvalue weighted by molar-refractivity contribution is 5.58. The van der Waals surface area contributed by atoms with Gasteiger partial charge in [0.05, 0.1) is 6.54 Å². The van der Waals surface area contributed by atoms with Gasteiger partial charge >= 0.3 is 0 Å². The van der Waals surface area contributed by atoms with Gasteiger partial charge in [0, 0.05) is 11.2 Å². The molecule has 1 radical (unpaired) electrons. The summed E-state index contributed by atoms with van der Waals surface area (Å²) in [6, 6.07) is 8.80. The van der Waals surface area contributed by atoms with Crippen molar-refractivity contribution in [3.63, 3.8) is 0 Å². The van der Waals surface area contributed by atoms with Crippen molar-refractivity contribution in [2.75, 3.05) is 4.90 Å². The maximum Gasteiger partial charge on any atom is 0.0561 e. The van der Waals surface area contributed by atoms with Gasteiger partial charge in [0.15, 0.2) is 0 Å². The number of benzene rings is 1. The lowest BCUT2D eigenvalue weighted by Crippen LogP contribution is -2.36. The Balaban J connectivity index is 1.92. The van der Waals surface area contributed by atoms with Crippen molar-refractivity contribution in [3.8, 4) is 0 Å². The molecule has 0 N–H and O–H groups in total. The van der Waals surface area contributed by atoms with Crippen LogP contribution in [0.2, 0.25) is 0 Å². The first-order valence-corrected chi connectivity index (χ1v) is 7.74. The number of anilines is 1. The zero-order valence-corrected chi connectivity index (χ0v) is 12.6. The smallest absolute Gasteiger partial charge is 0.0561 e. The minimum atomic E-state index is 0.253. The summed E-state index contributed by atoms with van der Waals surface area (Å²) >= 11 is 0. The third-order valence-corrected chi connectivity index (χ3v) is 5.06. The second kappa shape index (κ2) is 4.54. The van der Waals surface area contributed by atoms with Gasteiger partial charge in [-0.2, -0.15) is 0 Å². The highest BCUT2D eigenvalue weighted by atomic mass is 15.2. The first-order chi connectivity index (χ1) is 9.03. The van der Waals surface area contributed by atoms with E-state index in [0.29, 0.717) is 5.41 Å². The van der Waals surface area contributed by atoms with Gasteiger partial charge in [-0.1, -0.05) is 37.5 Å². The average Bonchev–Trinajstić information content (AvgIpc) is 2.62. The fraction of sp³-hybridized carbons (Fsp3) is 0.611. The van der Waals surface area contributed by atoms with E-state index in [1.54, 1.807) is 0 Å². The molecule has 1 aliphatic carbocycles. The molecule has 19 heavy (non-hydrogen) atoms. The summed E-state index contributed by atoms with van der Waals surface area (Å²) in [7, 11) is 0. The number of nitrogens with zero attached hydrogens (tertiary/aromatic N) is 1. The quantitative estimate of drug-likeness (QED) is 0.676. The van der Waals surface area contributed by atoms with E-state index < -0.39 is 0 Å². The predicted molar refractivity (Wildman–Crippen MR) is 82.2 cm³/mol. The fourth-order valence-electron chi connectivity index (χ4n) is 4.23. The molecule has 1 aliphatic heterocycles. The van der Waals surface area contributed by atoms with E-state index in [0.717, 1.165) is 0 Å². The predicted octanol–water partition coefficient (Wildman–Crippen LogP) is 5.10. The van der Waals surface area contributed by atoms with E-state index >= 15 is 0 Å². The molecule has 1 heterocycles. The van der Waals surface area contributed by atoms with Crippen molar-refractivity contribution in [1.82, 2.24) is 0 Å². The second-order valence-electron chi connectivity index (χ2n) is 7.20. The van der Waals surface area contributed by atoms with Crippen LogP contribution >= 0.6 is 0 Å². The largest absolute Gasteiger partial charge is 0.361 e. The van der Waals surface area contributed by atoms with Crippen LogP contribution in [0, 0.1) is 18.9 Å². The molecule has 1 saturated heterocycles. The molecule has 0 amide bonds. The van der Waals surface area contributed by atoms with Crippen molar-refractivity contribution < 1.29 is 0 Å². The van der Waals surface area contributed by atoms with Crippen LogP contribution in [0.5, 0.6) is 0 Å². The lowest BCUT2D eigenvalue weighted by Gasteiger charge is -2.34. The number of hydrogen-bond donors (Lipinski definition) is 0. The maximum absolute atomic E-state index is 2.58. The van der Waals surface area contributed by atoms with Gasteiger partial charge in [-0.15, -0.1) is 0 Å². The Morgan fingerprint density at radius 3 is 2.37 bits per heavy atom. The molecule has 0 bridgehead atoms. The Morgan fingerprint density at radius 1 is 1.00 bits per heavy atom. The van der Waals surface area contributed by atoms with Crippen LogP contribution in [0.1, 0.15) is 57.9 Å². The van der Waals surface area contributed by atoms with Crippen LogP contribution < -0.4 is 4.90 Å². The van der Waals surface area contributed by atoms with Crippen LogP contribution in [0.15, 0.2) is 24.3 Å². The minimum Gasteiger partial charge on any atom is -0.361 e. The van der Waals surface area contributed by atoms with E-state index in [1.807, 2.05) is 0 Å². The molecule has 1 spiro atoms. The topological polar surface area (TPSA) is 3.24 Å². The molecule has 1 aromatic rings. The minimum absolute atomic E-state index is 0.253. The number of aryl methyl sites for hydroxylation is 1. The van der Waals surface area contributed by atoms with Gasteiger partial charge in [-0.3, -0.25) is 0 Å². The zero-order chi connectivity index (χ0) is 13.5. The number of para-hydroxylation sites is 1. The van der Waals surface area contributed by atoms with Gasteiger partial charge in [0.2, 0.25) is 0 Å². The van der Waals surface area contributed by atoms with Gasteiger partial charge in [0.1, 0.15) is 0 Å². The fourth-order valence-corrected chi connectivity index (χ4v) is 4.23. The average molecular weight is 256 g/mol. The molecule has 0 atom stereocenters. The molecule has 1 saturated carbocycles. The summed E-state index contributed by atoms with van der Waals surface area (Å²) in [5.41, 5.74) is 3.52. The van der Waals surface area contributed by atoms with E-state index in [4.69, 9.17) is 0 Å². The van der Waals surface area contributed by atoms with Gasteiger partial charge in [0.25, 0.3) is 0 Å². The van der Waals surface area contributed by atoms with E-state index in [2.05, 4.69) is 56.5 Å². The Morgan fingerprint density at radius 2 is 1.68 bits per heavy atom. The van der Waals surface area contributed by atoms with E-state index in [1.165, 1.54) is 49.8 Å². The van der Waals surface area contributed by atoms with Crippen LogP contribution in [0.4, 0.5) is 5.69 Å². The first kappa shape index (κ1) is 13.0. The van der Waals surface area contributed by atoms with Crippen molar-refractivity contribution in [2.45, 2.75) is 64.8 Å². The Hall–Kier alpha value is -0.980. The molecule has 0 aromatic heterocycles. The summed E-state index contributed by atoms with van der Waals surface area (Å²) in [5.74, 6) is 0. The third kappa shape index (κ3) is 2.28. The lowest BCUT2D eigenvalue weighted by atomic mass is 9.71. The SMILES string of the molecule is Cc1ccccc1N1[CH]C2(CCCCC2)CC1(C)C. The normalized spacial score (nSPS) is 24.9. The van der Waals surface area contributed by atoms with Crippen molar-refractivity contribution >= 4 is 5.69 Å². The summed E-state index contributed by atoms with van der Waals surface area (Å²) in [5, 5.41) is 0. The van der Waals surface area contributed by atoms with Crippen molar-refractivity contribution in [3.05, 3.63) is 36.4 Å². The van der Waals surface area contributed by atoms with Crippen LogP contribution in [0.25, 0.3) is 0 Å². The molecule has 2 fully saturated rings. The molecule has 3 rings (SSSR count). The molecule has 2 aliphatic rings. The summed E-state index contributed by atoms with van der Waals surface area (Å²) in [6.07, 6.45) is 8.34. The third-order valence-electron chi connectivity index (χ3n) is 5.06. The first-order valence-electron chi connectivity index (χ1n) is 7.74. The summed E-state index contributed by atoms with van der Waals surface area (Å²) < 4.78 is 0. The van der Waals surface area contributed by atoms with Gasteiger partial charge in [-0.05, 0) is 57.1 Å². The number of hydrogen-bond acceptors (Lipinski definition) is 1. The van der Waals surface area contributed by atoms with Gasteiger partial charge < -0.3 is 4.90 Å². The molecule has 103 valence electrons. The molecular formula is C18H26N. The molecule has 1 heteroatoms. The number of rotatable bonds is 1. The molecule has 1 nitrogen and oxygen atoms in total. The highest BCUT2D eigenvalue weighted by Crippen LogP contribution is 2.54. The lowest BCUT2D eigenvalue weighted by molar-refractivity contribution is 0.225. The monoisotopic (exact) mass is 256 g/mol. The van der Waals surface area contributed by atoms with E-state index in [9.17, 15) is 0 Å². The maximum atomic E-state index is 2.58. The Labute approximate surface area is 118 Å². The van der Waals surface area contributed by atoms with Crippen molar-refractivity contribution in [2.24, 2.45) is 5.41 Å². The van der Waals surface area contributed by atoms with Crippen LogP contribution in [-0.2, 0) is 0 Å². The van der Waals surface area contributed by atoms with Crippen LogP contribution in [0.3, 0.4) is 0 Å².